The van der Waals surface area contributed by atoms with Crippen LogP contribution in [-0.2, 0) is 28.0 Å². The fourth-order valence-electron chi connectivity index (χ4n) is 3.10. The number of aromatic nitrogens is 4. The van der Waals surface area contributed by atoms with Gasteiger partial charge in [0.25, 0.3) is 0 Å². The maximum absolute atomic E-state index is 13.0. The van der Waals surface area contributed by atoms with Crippen LogP contribution in [-0.4, -0.2) is 56.8 Å². The standard InChI is InChI=1S/C25H41N7O6/c1-11-12-13-26-20-18(36-15-17-19(30-35-10)16(2)31(9)29-17)14-27-21(28-20)32(22(33)37-24(3,4)5)23(34)38-25(6,7)8/h14,30H,11-13,15H2,1-10H3,(H,26,27,28). The van der Waals surface area contributed by atoms with E-state index in [2.05, 4.69) is 32.8 Å². The molecule has 38 heavy (non-hydrogen) atoms. The first kappa shape index (κ1) is 30.6. The van der Waals surface area contributed by atoms with Gasteiger partial charge in [0.1, 0.15) is 29.2 Å². The Morgan fingerprint density at radius 1 is 1.08 bits per heavy atom. The minimum Gasteiger partial charge on any atom is -0.482 e. The number of amides is 2. The van der Waals surface area contributed by atoms with Gasteiger partial charge in [0.2, 0.25) is 5.95 Å². The fourth-order valence-corrected chi connectivity index (χ4v) is 3.10. The maximum atomic E-state index is 13.0. The van der Waals surface area contributed by atoms with Crippen LogP contribution in [0.4, 0.5) is 27.0 Å². The number of unbranched alkanes of at least 4 members (excludes halogenated alkanes) is 1. The molecule has 0 aromatic carbocycles. The SMILES string of the molecule is CCCCNc1nc(N(C(=O)OC(C)(C)C)C(=O)OC(C)(C)C)ncc1OCc1nn(C)c(C)c1NOC. The molecule has 0 aliphatic heterocycles. The first-order valence-electron chi connectivity index (χ1n) is 12.5. The molecule has 2 N–H and O–H groups in total. The van der Waals surface area contributed by atoms with Crippen molar-refractivity contribution in [3.63, 3.8) is 0 Å². The number of rotatable bonds is 10. The number of imide groups is 1. The Kier molecular flexibility index (Phi) is 10.3. The largest absolute Gasteiger partial charge is 0.482 e. The molecule has 212 valence electrons. The summed E-state index contributed by atoms with van der Waals surface area (Å²) >= 11 is 0. The fraction of sp³-hybridized carbons (Fsp3) is 0.640. The number of anilines is 3. The number of aryl methyl sites for hydroxylation is 1. The van der Waals surface area contributed by atoms with Crippen LogP contribution in [0.1, 0.15) is 72.7 Å². The predicted octanol–water partition coefficient (Wildman–Crippen LogP) is 4.96. The molecule has 0 spiro atoms. The predicted molar refractivity (Wildman–Crippen MR) is 143 cm³/mol. The van der Waals surface area contributed by atoms with E-state index < -0.39 is 23.4 Å². The summed E-state index contributed by atoms with van der Waals surface area (Å²) in [5.74, 6) is 0.398. The van der Waals surface area contributed by atoms with Gasteiger partial charge in [-0.05, 0) is 54.9 Å². The van der Waals surface area contributed by atoms with Crippen molar-refractivity contribution in [3.8, 4) is 5.75 Å². The van der Waals surface area contributed by atoms with Gasteiger partial charge in [0, 0.05) is 13.6 Å². The lowest BCUT2D eigenvalue weighted by Gasteiger charge is -2.27. The summed E-state index contributed by atoms with van der Waals surface area (Å²) in [7, 11) is 3.33. The van der Waals surface area contributed by atoms with Crippen LogP contribution in [0, 0.1) is 6.92 Å². The van der Waals surface area contributed by atoms with E-state index in [1.54, 1.807) is 46.2 Å². The number of hydrogen-bond donors (Lipinski definition) is 2. The first-order valence-corrected chi connectivity index (χ1v) is 12.5. The molecule has 13 nitrogen and oxygen atoms in total. The zero-order chi connectivity index (χ0) is 28.7. The molecule has 2 rings (SSSR count). The minimum absolute atomic E-state index is 0.0837. The number of nitrogens with zero attached hydrogens (tertiary/aromatic N) is 5. The zero-order valence-corrected chi connectivity index (χ0v) is 24.1. The minimum atomic E-state index is -0.959. The van der Waals surface area contributed by atoms with Gasteiger partial charge < -0.3 is 19.5 Å². The molecule has 0 fully saturated rings. The van der Waals surface area contributed by atoms with E-state index in [0.29, 0.717) is 34.4 Å². The van der Waals surface area contributed by atoms with E-state index >= 15 is 0 Å². The number of hydrogen-bond acceptors (Lipinski definition) is 11. The molecule has 0 atom stereocenters. The van der Waals surface area contributed by atoms with E-state index in [1.807, 2.05) is 14.0 Å². The third-order valence-electron chi connectivity index (χ3n) is 4.89. The molecule has 0 saturated heterocycles. The molecule has 0 aliphatic carbocycles. The second-order valence-electron chi connectivity index (χ2n) is 10.6. The van der Waals surface area contributed by atoms with E-state index in [0.717, 1.165) is 18.5 Å². The highest BCUT2D eigenvalue weighted by atomic mass is 16.6. The van der Waals surface area contributed by atoms with Gasteiger partial charge in [-0.15, -0.1) is 4.90 Å². The highest BCUT2D eigenvalue weighted by Crippen LogP contribution is 2.28. The Morgan fingerprint density at radius 3 is 2.21 bits per heavy atom. The van der Waals surface area contributed by atoms with Crippen molar-refractivity contribution in [2.45, 2.75) is 86.0 Å². The third kappa shape index (κ3) is 8.75. The highest BCUT2D eigenvalue weighted by molar-refractivity contribution is 6.08. The molecular formula is C25H41N7O6. The summed E-state index contributed by atoms with van der Waals surface area (Å²) in [4.78, 5) is 40.5. The molecule has 2 heterocycles. The van der Waals surface area contributed by atoms with Crippen LogP contribution < -0.4 is 20.4 Å². The van der Waals surface area contributed by atoms with Crippen molar-refractivity contribution >= 4 is 29.6 Å². The Hall–Kier alpha value is -3.61. The van der Waals surface area contributed by atoms with Gasteiger partial charge >= 0.3 is 12.2 Å². The van der Waals surface area contributed by atoms with E-state index in [-0.39, 0.29) is 12.6 Å². The first-order chi connectivity index (χ1) is 17.7. The average molecular weight is 536 g/mol. The van der Waals surface area contributed by atoms with Crippen molar-refractivity contribution < 1.29 is 28.6 Å². The zero-order valence-electron chi connectivity index (χ0n) is 24.1. The molecule has 0 unspecified atom stereocenters. The van der Waals surface area contributed by atoms with Crippen LogP contribution in [0.3, 0.4) is 0 Å². The summed E-state index contributed by atoms with van der Waals surface area (Å²) in [6, 6.07) is 0. The van der Waals surface area contributed by atoms with Gasteiger partial charge in [-0.25, -0.2) is 14.6 Å². The Balaban J connectivity index is 2.45. The molecular weight excluding hydrogens is 494 g/mol. The summed E-state index contributed by atoms with van der Waals surface area (Å²) < 4.78 is 18.6. The van der Waals surface area contributed by atoms with Gasteiger partial charge in [0.05, 0.1) is 19.0 Å². The summed E-state index contributed by atoms with van der Waals surface area (Å²) in [6.07, 6.45) is 1.28. The molecule has 2 amide bonds. The van der Waals surface area contributed by atoms with Crippen LogP contribution in [0.15, 0.2) is 6.20 Å². The van der Waals surface area contributed by atoms with E-state index in [1.165, 1.54) is 13.3 Å². The van der Waals surface area contributed by atoms with Crippen molar-refractivity contribution in [3.05, 3.63) is 17.6 Å². The second kappa shape index (κ2) is 12.8. The van der Waals surface area contributed by atoms with Crippen molar-refractivity contribution in [2.24, 2.45) is 7.05 Å². The average Bonchev–Trinajstić information content (AvgIpc) is 3.04. The monoisotopic (exact) mass is 535 g/mol. The number of ether oxygens (including phenoxy) is 3. The van der Waals surface area contributed by atoms with Crippen molar-refractivity contribution in [1.82, 2.24) is 19.7 Å². The highest BCUT2D eigenvalue weighted by Gasteiger charge is 2.35. The van der Waals surface area contributed by atoms with Crippen molar-refractivity contribution in [2.75, 3.05) is 29.4 Å². The Morgan fingerprint density at radius 2 is 1.68 bits per heavy atom. The quantitative estimate of drug-likeness (QED) is 0.315. The third-order valence-corrected chi connectivity index (χ3v) is 4.89. The van der Waals surface area contributed by atoms with E-state index in [4.69, 9.17) is 19.0 Å². The van der Waals surface area contributed by atoms with Crippen LogP contribution >= 0.6 is 0 Å². The molecule has 2 aromatic heterocycles. The molecule has 0 aliphatic rings. The number of nitrogens with one attached hydrogen (secondary N) is 2. The molecule has 0 saturated carbocycles. The topological polar surface area (TPSA) is 142 Å². The van der Waals surface area contributed by atoms with Crippen LogP contribution in [0.5, 0.6) is 5.75 Å². The van der Waals surface area contributed by atoms with Gasteiger partial charge in [-0.2, -0.15) is 10.1 Å². The number of carbonyl (C=O) groups excluding carboxylic acids is 2. The Labute approximate surface area is 224 Å². The van der Waals surface area contributed by atoms with Gasteiger partial charge in [-0.3, -0.25) is 15.0 Å². The molecule has 2 aromatic rings. The van der Waals surface area contributed by atoms with Gasteiger partial charge in [-0.1, -0.05) is 13.3 Å². The van der Waals surface area contributed by atoms with E-state index in [9.17, 15) is 9.59 Å². The Bertz CT molecular complexity index is 1080. The molecule has 0 radical (unpaired) electrons. The summed E-state index contributed by atoms with van der Waals surface area (Å²) in [6.45, 7) is 14.8. The van der Waals surface area contributed by atoms with Crippen LogP contribution in [0.2, 0.25) is 0 Å². The van der Waals surface area contributed by atoms with Crippen molar-refractivity contribution in [1.29, 1.82) is 0 Å². The summed E-state index contributed by atoms with van der Waals surface area (Å²) in [5.41, 5.74) is 3.26. The molecule has 0 bridgehead atoms. The molecule has 13 heteroatoms. The maximum Gasteiger partial charge on any atom is 0.427 e. The summed E-state index contributed by atoms with van der Waals surface area (Å²) in [5, 5.41) is 7.67. The second-order valence-corrected chi connectivity index (χ2v) is 10.6. The number of carbonyl (C=O) groups is 2. The smallest absolute Gasteiger partial charge is 0.427 e. The normalized spacial score (nSPS) is 11.6. The lowest BCUT2D eigenvalue weighted by Crippen LogP contribution is -2.44. The van der Waals surface area contributed by atoms with Gasteiger partial charge in [0.15, 0.2) is 11.6 Å². The lowest BCUT2D eigenvalue weighted by atomic mass is 10.2. The van der Waals surface area contributed by atoms with Crippen LogP contribution in [0.25, 0.3) is 0 Å². The lowest BCUT2D eigenvalue weighted by molar-refractivity contribution is 0.0427.